The van der Waals surface area contributed by atoms with Crippen molar-refractivity contribution in [1.29, 1.82) is 0 Å². The SMILES string of the molecule is CCCCn1c(SC(C)C(=O)Nc2ccc(F)c([N+](=O)[O-])c2)n[nH]c1=O. The summed E-state index contributed by atoms with van der Waals surface area (Å²) in [7, 11) is 0. The standard InChI is InChI=1S/C15H18FN5O4S/c1-3-4-7-20-14(23)18-19-15(20)26-9(2)13(22)17-10-5-6-11(16)12(8-10)21(24)25/h5-6,8-9H,3-4,7H2,1-2H3,(H,17,22)(H,18,23). The lowest BCUT2D eigenvalue weighted by atomic mass is 10.2. The first kappa shape index (κ1) is 19.6. The van der Waals surface area contributed by atoms with Crippen molar-refractivity contribution in [1.82, 2.24) is 14.8 Å². The molecule has 0 aliphatic heterocycles. The van der Waals surface area contributed by atoms with Gasteiger partial charge in [0.1, 0.15) is 0 Å². The normalized spacial score (nSPS) is 12.0. The molecule has 0 fully saturated rings. The Hall–Kier alpha value is -2.69. The van der Waals surface area contributed by atoms with Gasteiger partial charge in [-0.25, -0.2) is 9.89 Å². The monoisotopic (exact) mass is 383 g/mol. The Labute approximate surface area is 152 Å². The average Bonchev–Trinajstić information content (AvgIpc) is 2.94. The van der Waals surface area contributed by atoms with Gasteiger partial charge in [0.05, 0.1) is 10.2 Å². The summed E-state index contributed by atoms with van der Waals surface area (Å²) in [4.78, 5) is 34.0. The van der Waals surface area contributed by atoms with Crippen molar-refractivity contribution >= 4 is 29.0 Å². The third-order valence-electron chi connectivity index (χ3n) is 3.52. The summed E-state index contributed by atoms with van der Waals surface area (Å²) in [6, 6.07) is 3.11. The summed E-state index contributed by atoms with van der Waals surface area (Å²) in [5.41, 5.74) is -0.951. The van der Waals surface area contributed by atoms with Gasteiger partial charge in [-0.15, -0.1) is 5.10 Å². The first-order valence-corrected chi connectivity index (χ1v) is 8.78. The number of hydrogen-bond acceptors (Lipinski definition) is 6. The Balaban J connectivity index is 2.08. The minimum Gasteiger partial charge on any atom is -0.325 e. The number of unbranched alkanes of at least 4 members (excludes halogenated alkanes) is 1. The quantitative estimate of drug-likeness (QED) is 0.410. The van der Waals surface area contributed by atoms with Gasteiger partial charge in [-0.1, -0.05) is 25.1 Å². The van der Waals surface area contributed by atoms with Crippen LogP contribution in [0, 0.1) is 15.9 Å². The van der Waals surface area contributed by atoms with Crippen molar-refractivity contribution in [2.45, 2.75) is 43.6 Å². The van der Waals surface area contributed by atoms with E-state index in [-0.39, 0.29) is 11.4 Å². The summed E-state index contributed by atoms with van der Waals surface area (Å²) < 4.78 is 14.8. The van der Waals surface area contributed by atoms with Crippen molar-refractivity contribution in [3.8, 4) is 0 Å². The maximum Gasteiger partial charge on any atom is 0.343 e. The fraction of sp³-hybridized carbons (Fsp3) is 0.400. The largest absolute Gasteiger partial charge is 0.343 e. The van der Waals surface area contributed by atoms with Crippen molar-refractivity contribution in [2.24, 2.45) is 0 Å². The molecule has 0 saturated heterocycles. The predicted molar refractivity (Wildman–Crippen MR) is 94.8 cm³/mol. The van der Waals surface area contributed by atoms with Crippen LogP contribution in [-0.2, 0) is 11.3 Å². The van der Waals surface area contributed by atoms with Crippen LogP contribution in [0.5, 0.6) is 0 Å². The van der Waals surface area contributed by atoms with Crippen LogP contribution in [0.2, 0.25) is 0 Å². The van der Waals surface area contributed by atoms with E-state index in [1.165, 1.54) is 10.6 Å². The number of H-pyrrole nitrogens is 1. The number of nitro groups is 1. The Morgan fingerprint density at radius 2 is 2.27 bits per heavy atom. The number of amides is 1. The third-order valence-corrected chi connectivity index (χ3v) is 4.61. The molecule has 0 radical (unpaired) electrons. The highest BCUT2D eigenvalue weighted by atomic mass is 32.2. The molecule has 2 rings (SSSR count). The van der Waals surface area contributed by atoms with E-state index in [0.29, 0.717) is 11.7 Å². The van der Waals surface area contributed by atoms with Crippen molar-refractivity contribution in [3.05, 3.63) is 44.6 Å². The highest BCUT2D eigenvalue weighted by molar-refractivity contribution is 8.00. The molecule has 26 heavy (non-hydrogen) atoms. The number of carbonyl (C=O) groups excluding carboxylic acids is 1. The maximum atomic E-state index is 13.3. The van der Waals surface area contributed by atoms with Crippen LogP contribution >= 0.6 is 11.8 Å². The molecular formula is C15H18FN5O4S. The first-order chi connectivity index (χ1) is 12.3. The number of nitrogens with one attached hydrogen (secondary N) is 2. The van der Waals surface area contributed by atoms with Crippen LogP contribution in [0.25, 0.3) is 0 Å². The topological polar surface area (TPSA) is 123 Å². The number of nitrogens with zero attached hydrogens (tertiary/aromatic N) is 3. The molecule has 0 aliphatic rings. The summed E-state index contributed by atoms with van der Waals surface area (Å²) in [6.45, 7) is 4.10. The molecule has 1 aromatic carbocycles. The van der Waals surface area contributed by atoms with E-state index in [1.54, 1.807) is 6.92 Å². The molecule has 2 aromatic rings. The van der Waals surface area contributed by atoms with Gasteiger partial charge in [-0.2, -0.15) is 4.39 Å². The molecule has 1 unspecified atom stereocenters. The van der Waals surface area contributed by atoms with Gasteiger partial charge in [-0.3, -0.25) is 19.5 Å². The Bertz CT molecular complexity index is 866. The van der Waals surface area contributed by atoms with Gasteiger partial charge < -0.3 is 5.32 Å². The molecule has 0 saturated carbocycles. The minimum atomic E-state index is -0.980. The highest BCUT2D eigenvalue weighted by Crippen LogP contribution is 2.24. The van der Waals surface area contributed by atoms with Crippen molar-refractivity contribution in [2.75, 3.05) is 5.32 Å². The Morgan fingerprint density at radius 3 is 2.92 bits per heavy atom. The highest BCUT2D eigenvalue weighted by Gasteiger charge is 2.21. The molecule has 1 heterocycles. The zero-order chi connectivity index (χ0) is 19.3. The number of aromatic nitrogens is 3. The number of carbonyl (C=O) groups is 1. The van der Waals surface area contributed by atoms with E-state index >= 15 is 0 Å². The molecule has 0 spiro atoms. The minimum absolute atomic E-state index is 0.112. The zero-order valence-corrected chi connectivity index (χ0v) is 15.0. The van der Waals surface area contributed by atoms with Gasteiger partial charge >= 0.3 is 11.4 Å². The number of benzene rings is 1. The van der Waals surface area contributed by atoms with Crippen molar-refractivity contribution < 1.29 is 14.1 Å². The molecule has 1 atom stereocenters. The number of thioether (sulfide) groups is 1. The van der Waals surface area contributed by atoms with Gasteiger partial charge in [0.15, 0.2) is 5.16 Å². The average molecular weight is 383 g/mol. The van der Waals surface area contributed by atoms with E-state index in [4.69, 9.17) is 0 Å². The van der Waals surface area contributed by atoms with Gasteiger partial charge in [0.2, 0.25) is 11.7 Å². The Kier molecular flexibility index (Phi) is 6.50. The van der Waals surface area contributed by atoms with E-state index in [9.17, 15) is 24.1 Å². The predicted octanol–water partition coefficient (Wildman–Crippen LogP) is 2.54. The fourth-order valence-corrected chi connectivity index (χ4v) is 2.97. The maximum absolute atomic E-state index is 13.3. The van der Waals surface area contributed by atoms with E-state index < -0.39 is 27.6 Å². The second-order valence-electron chi connectivity index (χ2n) is 5.49. The second-order valence-corrected chi connectivity index (χ2v) is 6.80. The van der Waals surface area contributed by atoms with Crippen LogP contribution in [0.15, 0.2) is 28.2 Å². The van der Waals surface area contributed by atoms with E-state index in [1.807, 2.05) is 6.92 Å². The third kappa shape index (κ3) is 4.69. The lowest BCUT2D eigenvalue weighted by Crippen LogP contribution is -2.24. The second kappa shape index (κ2) is 8.61. The van der Waals surface area contributed by atoms with Crippen molar-refractivity contribution in [3.63, 3.8) is 0 Å². The molecule has 1 aromatic heterocycles. The van der Waals surface area contributed by atoms with Gasteiger partial charge in [0, 0.05) is 18.3 Å². The van der Waals surface area contributed by atoms with E-state index in [2.05, 4.69) is 15.5 Å². The fourth-order valence-electron chi connectivity index (χ4n) is 2.09. The smallest absolute Gasteiger partial charge is 0.325 e. The van der Waals surface area contributed by atoms with Crippen LogP contribution in [0.4, 0.5) is 15.8 Å². The molecular weight excluding hydrogens is 365 g/mol. The van der Waals surface area contributed by atoms with Gasteiger partial charge in [-0.05, 0) is 25.5 Å². The molecule has 0 aliphatic carbocycles. The number of aromatic amines is 1. The Morgan fingerprint density at radius 1 is 1.54 bits per heavy atom. The summed E-state index contributed by atoms with van der Waals surface area (Å²) in [6.07, 6.45) is 1.70. The number of rotatable bonds is 8. The lowest BCUT2D eigenvalue weighted by Gasteiger charge is -2.12. The molecule has 1 amide bonds. The summed E-state index contributed by atoms with van der Waals surface area (Å²) in [5.74, 6) is -1.43. The molecule has 0 bridgehead atoms. The number of nitro benzene ring substituents is 1. The molecule has 2 N–H and O–H groups in total. The van der Waals surface area contributed by atoms with Crippen LogP contribution < -0.4 is 11.0 Å². The lowest BCUT2D eigenvalue weighted by molar-refractivity contribution is -0.387. The molecule has 9 nitrogen and oxygen atoms in total. The number of halogens is 1. The van der Waals surface area contributed by atoms with Crippen LogP contribution in [-0.4, -0.2) is 30.8 Å². The summed E-state index contributed by atoms with van der Waals surface area (Å²) in [5, 5.41) is 19.3. The van der Waals surface area contributed by atoms with Gasteiger partial charge in [0.25, 0.3) is 0 Å². The number of anilines is 1. The first-order valence-electron chi connectivity index (χ1n) is 7.90. The van der Waals surface area contributed by atoms with Crippen LogP contribution in [0.3, 0.4) is 0 Å². The molecule has 11 heteroatoms. The zero-order valence-electron chi connectivity index (χ0n) is 14.2. The molecule has 140 valence electrons. The van der Waals surface area contributed by atoms with E-state index in [0.717, 1.165) is 36.7 Å². The van der Waals surface area contributed by atoms with Crippen LogP contribution in [0.1, 0.15) is 26.7 Å². The summed E-state index contributed by atoms with van der Waals surface area (Å²) >= 11 is 1.08. The number of hydrogen-bond donors (Lipinski definition) is 2.